The Morgan fingerprint density at radius 1 is 1.17 bits per heavy atom. The number of carbonyl (C=O) groups excluding carboxylic acids is 3. The van der Waals surface area contributed by atoms with Crippen LogP contribution in [0.2, 0.25) is 0 Å². The summed E-state index contributed by atoms with van der Waals surface area (Å²) in [4.78, 5) is 35.6. The minimum absolute atomic E-state index is 0.0663. The van der Waals surface area contributed by atoms with Gasteiger partial charge in [-0.3, -0.25) is 19.6 Å². The van der Waals surface area contributed by atoms with Gasteiger partial charge in [-0.25, -0.2) is 5.48 Å². The van der Waals surface area contributed by atoms with Crippen LogP contribution in [-0.4, -0.2) is 29.0 Å². The van der Waals surface area contributed by atoms with E-state index >= 15 is 0 Å². The van der Waals surface area contributed by atoms with E-state index in [0.29, 0.717) is 6.42 Å². The highest BCUT2D eigenvalue weighted by Crippen LogP contribution is 2.27. The van der Waals surface area contributed by atoms with Crippen molar-refractivity contribution in [1.29, 1.82) is 0 Å². The summed E-state index contributed by atoms with van der Waals surface area (Å²) in [6.45, 7) is 3.90. The van der Waals surface area contributed by atoms with Crippen LogP contribution in [0, 0.1) is 17.8 Å². The van der Waals surface area contributed by atoms with E-state index < -0.39 is 23.8 Å². The first-order valence-corrected chi connectivity index (χ1v) is 8.37. The lowest BCUT2D eigenvalue weighted by molar-refractivity contribution is -0.136. The maximum absolute atomic E-state index is 12.5. The normalized spacial score (nSPS) is 18.3. The molecule has 0 heterocycles. The van der Waals surface area contributed by atoms with Gasteiger partial charge in [-0.2, -0.15) is 0 Å². The Kier molecular flexibility index (Phi) is 8.02. The van der Waals surface area contributed by atoms with Crippen molar-refractivity contribution in [2.45, 2.75) is 64.8 Å². The molecule has 0 radical (unpaired) electrons. The molecule has 0 aromatic carbocycles. The fourth-order valence-corrected chi connectivity index (χ4v) is 3.28. The SMILES string of the molecule is CC(C)CC(CC(=O)NO)C(=O)NC(C(N)=O)C1CCCCC1. The first-order chi connectivity index (χ1) is 10.8. The van der Waals surface area contributed by atoms with Crippen LogP contribution in [0.5, 0.6) is 0 Å². The number of carbonyl (C=O) groups is 3. The van der Waals surface area contributed by atoms with E-state index in [1.54, 1.807) is 5.48 Å². The number of primary amides is 1. The zero-order chi connectivity index (χ0) is 17.4. The molecule has 0 aromatic rings. The topological polar surface area (TPSA) is 122 Å². The molecule has 23 heavy (non-hydrogen) atoms. The van der Waals surface area contributed by atoms with Crippen molar-refractivity contribution >= 4 is 17.7 Å². The van der Waals surface area contributed by atoms with Crippen LogP contribution >= 0.6 is 0 Å². The maximum Gasteiger partial charge on any atom is 0.244 e. The molecular weight excluding hydrogens is 298 g/mol. The monoisotopic (exact) mass is 327 g/mol. The Bertz CT molecular complexity index is 420. The van der Waals surface area contributed by atoms with Crippen LogP contribution in [0.4, 0.5) is 0 Å². The number of amides is 3. The number of nitrogens with one attached hydrogen (secondary N) is 2. The maximum atomic E-state index is 12.5. The predicted octanol–water partition coefficient (Wildman–Crippen LogP) is 1.09. The molecule has 3 amide bonds. The minimum atomic E-state index is -0.686. The molecule has 1 rings (SSSR count). The van der Waals surface area contributed by atoms with Gasteiger partial charge in [-0.15, -0.1) is 0 Å². The van der Waals surface area contributed by atoms with Gasteiger partial charge in [0, 0.05) is 12.3 Å². The average Bonchev–Trinajstić information content (AvgIpc) is 2.51. The predicted molar refractivity (Wildman–Crippen MR) is 85.2 cm³/mol. The zero-order valence-electron chi connectivity index (χ0n) is 14.0. The molecule has 1 aliphatic rings. The van der Waals surface area contributed by atoms with Crippen molar-refractivity contribution in [2.24, 2.45) is 23.5 Å². The van der Waals surface area contributed by atoms with E-state index in [0.717, 1.165) is 32.1 Å². The Labute approximate surface area is 137 Å². The highest BCUT2D eigenvalue weighted by Gasteiger charge is 2.32. The molecule has 2 atom stereocenters. The molecule has 1 aliphatic carbocycles. The van der Waals surface area contributed by atoms with Crippen molar-refractivity contribution in [2.75, 3.05) is 0 Å². The highest BCUT2D eigenvalue weighted by atomic mass is 16.5. The van der Waals surface area contributed by atoms with Gasteiger partial charge < -0.3 is 11.1 Å². The Morgan fingerprint density at radius 3 is 2.26 bits per heavy atom. The lowest BCUT2D eigenvalue weighted by atomic mass is 9.83. The minimum Gasteiger partial charge on any atom is -0.368 e. The molecule has 7 heteroatoms. The fraction of sp³-hybridized carbons (Fsp3) is 0.812. The molecular formula is C16H29N3O4. The van der Waals surface area contributed by atoms with E-state index in [9.17, 15) is 14.4 Å². The van der Waals surface area contributed by atoms with Crippen LogP contribution in [0.1, 0.15) is 58.8 Å². The molecule has 5 N–H and O–H groups in total. The van der Waals surface area contributed by atoms with Gasteiger partial charge >= 0.3 is 0 Å². The van der Waals surface area contributed by atoms with Crippen LogP contribution in [-0.2, 0) is 14.4 Å². The van der Waals surface area contributed by atoms with Crippen LogP contribution < -0.4 is 16.5 Å². The molecule has 0 aliphatic heterocycles. The molecule has 7 nitrogen and oxygen atoms in total. The van der Waals surface area contributed by atoms with E-state index in [1.165, 1.54) is 0 Å². The van der Waals surface area contributed by atoms with Gasteiger partial charge in [-0.05, 0) is 31.1 Å². The Morgan fingerprint density at radius 2 is 1.78 bits per heavy atom. The second-order valence-electron chi connectivity index (χ2n) is 6.85. The summed E-state index contributed by atoms with van der Waals surface area (Å²) >= 11 is 0. The molecule has 0 bridgehead atoms. The molecule has 2 unspecified atom stereocenters. The third-order valence-corrected chi connectivity index (χ3v) is 4.41. The van der Waals surface area contributed by atoms with Crippen molar-refractivity contribution < 1.29 is 19.6 Å². The smallest absolute Gasteiger partial charge is 0.244 e. The third kappa shape index (κ3) is 6.56. The second kappa shape index (κ2) is 9.50. The molecule has 0 aromatic heterocycles. The number of hydrogen-bond acceptors (Lipinski definition) is 4. The second-order valence-corrected chi connectivity index (χ2v) is 6.85. The lowest BCUT2D eigenvalue weighted by Gasteiger charge is -2.30. The summed E-state index contributed by atoms with van der Waals surface area (Å²) < 4.78 is 0. The molecule has 1 fully saturated rings. The van der Waals surface area contributed by atoms with Gasteiger partial charge in [-0.1, -0.05) is 33.1 Å². The number of rotatable bonds is 8. The van der Waals surface area contributed by atoms with Crippen molar-refractivity contribution in [3.05, 3.63) is 0 Å². The van der Waals surface area contributed by atoms with E-state index in [4.69, 9.17) is 10.9 Å². The molecule has 132 valence electrons. The highest BCUT2D eigenvalue weighted by molar-refractivity contribution is 5.90. The van der Waals surface area contributed by atoms with E-state index in [-0.39, 0.29) is 24.2 Å². The summed E-state index contributed by atoms with van der Waals surface area (Å²) in [5.74, 6) is -1.81. The quantitative estimate of drug-likeness (QED) is 0.394. The molecule has 0 spiro atoms. The van der Waals surface area contributed by atoms with Crippen LogP contribution in [0.25, 0.3) is 0 Å². The average molecular weight is 327 g/mol. The molecule has 0 saturated heterocycles. The third-order valence-electron chi connectivity index (χ3n) is 4.41. The number of hydrogen-bond donors (Lipinski definition) is 4. The first kappa shape index (κ1) is 19.4. The van der Waals surface area contributed by atoms with Gasteiger partial charge in [0.25, 0.3) is 0 Å². The molecule has 1 saturated carbocycles. The standard InChI is InChI=1S/C16H29N3O4/c1-10(2)8-12(9-13(20)19-23)16(22)18-14(15(17)21)11-6-4-3-5-7-11/h10-12,14,23H,3-9H2,1-2H3,(H2,17,21)(H,18,22)(H,19,20). The summed E-state index contributed by atoms with van der Waals surface area (Å²) in [6.07, 6.45) is 5.34. The van der Waals surface area contributed by atoms with Gasteiger partial charge in [0.15, 0.2) is 0 Å². The van der Waals surface area contributed by atoms with Gasteiger partial charge in [0.05, 0.1) is 0 Å². The van der Waals surface area contributed by atoms with Crippen molar-refractivity contribution in [1.82, 2.24) is 10.8 Å². The fourth-order valence-electron chi connectivity index (χ4n) is 3.28. The lowest BCUT2D eigenvalue weighted by Crippen LogP contribution is -2.51. The van der Waals surface area contributed by atoms with E-state index in [1.807, 2.05) is 13.8 Å². The van der Waals surface area contributed by atoms with Crippen LogP contribution in [0.15, 0.2) is 0 Å². The van der Waals surface area contributed by atoms with Crippen LogP contribution in [0.3, 0.4) is 0 Å². The zero-order valence-corrected chi connectivity index (χ0v) is 14.0. The van der Waals surface area contributed by atoms with Crippen molar-refractivity contribution in [3.63, 3.8) is 0 Å². The van der Waals surface area contributed by atoms with E-state index in [2.05, 4.69) is 5.32 Å². The summed E-state index contributed by atoms with van der Waals surface area (Å²) in [7, 11) is 0. The Hall–Kier alpha value is -1.63. The van der Waals surface area contributed by atoms with Gasteiger partial charge in [0.2, 0.25) is 17.7 Å². The van der Waals surface area contributed by atoms with Gasteiger partial charge in [0.1, 0.15) is 6.04 Å². The summed E-state index contributed by atoms with van der Waals surface area (Å²) in [5.41, 5.74) is 7.02. The largest absolute Gasteiger partial charge is 0.368 e. The Balaban J connectivity index is 2.75. The number of nitrogens with two attached hydrogens (primary N) is 1. The first-order valence-electron chi connectivity index (χ1n) is 8.37. The number of hydroxylamine groups is 1. The summed E-state index contributed by atoms with van der Waals surface area (Å²) in [6, 6.07) is -0.686. The summed E-state index contributed by atoms with van der Waals surface area (Å²) in [5, 5.41) is 11.4. The van der Waals surface area contributed by atoms with Crippen molar-refractivity contribution in [3.8, 4) is 0 Å².